The van der Waals surface area contributed by atoms with Gasteiger partial charge in [0.15, 0.2) is 0 Å². The lowest BCUT2D eigenvalue weighted by atomic mass is 10.2. The Hall–Kier alpha value is -4.38. The zero-order valence-electron chi connectivity index (χ0n) is 24.9. The number of benzene rings is 3. The van der Waals surface area contributed by atoms with Crippen molar-refractivity contribution in [2.45, 2.75) is 57.9 Å². The number of rotatable bonds is 13. The van der Waals surface area contributed by atoms with Crippen LogP contribution in [0.3, 0.4) is 0 Å². The van der Waals surface area contributed by atoms with E-state index in [1.54, 1.807) is 36.4 Å². The van der Waals surface area contributed by atoms with Crippen molar-refractivity contribution >= 4 is 29.8 Å². The van der Waals surface area contributed by atoms with E-state index in [0.29, 0.717) is 31.4 Å². The van der Waals surface area contributed by atoms with E-state index >= 15 is 0 Å². The second-order valence-corrected chi connectivity index (χ2v) is 9.35. The van der Waals surface area contributed by atoms with Crippen molar-refractivity contribution in [3.8, 4) is 0 Å². The number of anilines is 1. The second-order valence-electron chi connectivity index (χ2n) is 9.35. The molecule has 3 aromatic rings. The van der Waals surface area contributed by atoms with E-state index in [4.69, 9.17) is 27.4 Å². The largest absolute Gasteiger partial charge is 0.481 e. The third kappa shape index (κ3) is 22.0. The first-order valence-electron chi connectivity index (χ1n) is 14.2. The molecule has 0 aliphatic carbocycles. The Morgan fingerprint density at radius 2 is 1.37 bits per heavy atom. The van der Waals surface area contributed by atoms with Crippen LogP contribution in [0.1, 0.15) is 60.5 Å². The molecule has 234 valence electrons. The summed E-state index contributed by atoms with van der Waals surface area (Å²) >= 11 is 0. The van der Waals surface area contributed by atoms with Gasteiger partial charge in [-0.05, 0) is 74.2 Å². The predicted molar refractivity (Wildman–Crippen MR) is 171 cm³/mol. The number of carboxylic acids is 2. The molecule has 0 radical (unpaired) electrons. The average molecular weight is 595 g/mol. The third-order valence-electron chi connectivity index (χ3n) is 5.60. The number of aldehydes is 1. The van der Waals surface area contributed by atoms with Crippen LogP contribution in [-0.2, 0) is 27.2 Å². The smallest absolute Gasteiger partial charge is 0.320 e. The fourth-order valence-electron chi connectivity index (χ4n) is 3.25. The molecular weight excluding hydrogens is 548 g/mol. The summed E-state index contributed by atoms with van der Waals surface area (Å²) in [5.41, 5.74) is 19.1. The number of carbonyl (C=O) groups excluding carboxylic acids is 2. The number of nitrogens with two attached hydrogens (primary N) is 3. The first kappa shape index (κ1) is 38.6. The van der Waals surface area contributed by atoms with Crippen LogP contribution in [-0.4, -0.2) is 53.5 Å². The number of carbonyl (C=O) groups is 4. The summed E-state index contributed by atoms with van der Waals surface area (Å²) in [7, 11) is 0. The van der Waals surface area contributed by atoms with Gasteiger partial charge in [0, 0.05) is 17.7 Å². The van der Waals surface area contributed by atoms with Gasteiger partial charge in [0.25, 0.3) is 0 Å². The molecule has 43 heavy (non-hydrogen) atoms. The van der Waals surface area contributed by atoms with Crippen molar-refractivity contribution in [1.29, 1.82) is 0 Å². The number of nitrogens with one attached hydrogen (secondary N) is 1. The molecule has 3 rings (SSSR count). The number of amides is 1. The van der Waals surface area contributed by atoms with E-state index in [1.165, 1.54) is 5.56 Å². The van der Waals surface area contributed by atoms with Gasteiger partial charge in [0.05, 0.1) is 6.42 Å². The maximum atomic E-state index is 11.3. The van der Waals surface area contributed by atoms with Crippen LogP contribution in [0.15, 0.2) is 84.9 Å². The molecule has 0 heterocycles. The Morgan fingerprint density at radius 1 is 0.814 bits per heavy atom. The second kappa shape index (κ2) is 25.3. The monoisotopic (exact) mass is 594 g/mol. The summed E-state index contributed by atoms with van der Waals surface area (Å²) in [4.78, 5) is 41.9. The Balaban J connectivity index is 0.000000562. The molecule has 0 aliphatic rings. The molecule has 9 N–H and O–H groups in total. The molecule has 0 fully saturated rings. The molecule has 0 bridgehead atoms. The van der Waals surface area contributed by atoms with Gasteiger partial charge in [0.2, 0.25) is 5.91 Å². The molecule has 0 saturated heterocycles. The molecule has 0 saturated carbocycles. The Labute approximate surface area is 254 Å². The lowest BCUT2D eigenvalue weighted by Crippen LogP contribution is -2.30. The topological polar surface area (TPSA) is 199 Å². The first-order chi connectivity index (χ1) is 20.7. The van der Waals surface area contributed by atoms with E-state index in [-0.39, 0.29) is 12.3 Å². The number of hydrogen-bond acceptors (Lipinski definition) is 7. The minimum atomic E-state index is -0.955. The summed E-state index contributed by atoms with van der Waals surface area (Å²) in [5, 5.41) is 19.4. The van der Waals surface area contributed by atoms with Gasteiger partial charge in [-0.25, -0.2) is 0 Å². The Kier molecular flexibility index (Phi) is 22.8. The Bertz CT molecular complexity index is 1160. The molecule has 10 heteroatoms. The molecular formula is C33H46N4O6. The zero-order valence-corrected chi connectivity index (χ0v) is 24.9. The van der Waals surface area contributed by atoms with E-state index in [9.17, 15) is 19.2 Å². The summed E-state index contributed by atoms with van der Waals surface area (Å²) in [5.74, 6) is -1.72. The van der Waals surface area contributed by atoms with Gasteiger partial charge in [-0.2, -0.15) is 0 Å². The minimum absolute atomic E-state index is 0.0238. The van der Waals surface area contributed by atoms with Gasteiger partial charge >= 0.3 is 11.9 Å². The maximum absolute atomic E-state index is 11.3. The highest BCUT2D eigenvalue weighted by molar-refractivity contribution is 5.91. The summed E-state index contributed by atoms with van der Waals surface area (Å²) in [6, 6.07) is 25.5. The first-order valence-corrected chi connectivity index (χ1v) is 14.2. The third-order valence-corrected chi connectivity index (χ3v) is 5.60. The molecule has 10 nitrogen and oxygen atoms in total. The fourth-order valence-corrected chi connectivity index (χ4v) is 3.25. The van der Waals surface area contributed by atoms with Crippen molar-refractivity contribution in [3.63, 3.8) is 0 Å². The SMILES string of the molecule is CCCCC(=O)Nc1ccc(C=O)cc1.NCCC[C@H](N)C(=O)O.NCCc1ccccc1.O=C(O)Cc1ccccc1. The van der Waals surface area contributed by atoms with Crippen LogP contribution in [0.2, 0.25) is 0 Å². The summed E-state index contributed by atoms with van der Waals surface area (Å²) in [6.45, 7) is 3.29. The Morgan fingerprint density at radius 3 is 1.81 bits per heavy atom. The number of unbranched alkanes of at least 4 members (excludes halogenated alkanes) is 1. The standard InChI is InChI=1S/C12H15NO2.C8H11N.C8H8O2.C5H12N2O2/c1-2-3-4-12(15)13-11-7-5-10(9-14)6-8-11;9-7-6-8-4-2-1-3-5-8;9-8(10)6-7-4-2-1-3-5-7;6-3-1-2-4(7)5(8)9/h5-9H,2-4H2,1H3,(H,13,15);1-5H,6-7,9H2;1-5H,6H2,(H,9,10);4H,1-3,6-7H2,(H,8,9)/t;;;4-/m...0/s1. The summed E-state index contributed by atoms with van der Waals surface area (Å²) < 4.78 is 0. The highest BCUT2D eigenvalue weighted by atomic mass is 16.4. The van der Waals surface area contributed by atoms with Gasteiger partial charge in [0.1, 0.15) is 12.3 Å². The van der Waals surface area contributed by atoms with E-state index in [0.717, 1.165) is 43.3 Å². The van der Waals surface area contributed by atoms with Crippen LogP contribution in [0.25, 0.3) is 0 Å². The fraction of sp³-hybridized carbons (Fsp3) is 0.333. The normalized spacial score (nSPS) is 10.2. The van der Waals surface area contributed by atoms with E-state index < -0.39 is 18.0 Å². The van der Waals surface area contributed by atoms with E-state index in [1.807, 2.05) is 43.3 Å². The van der Waals surface area contributed by atoms with Gasteiger partial charge in [-0.15, -0.1) is 0 Å². The van der Waals surface area contributed by atoms with Crippen LogP contribution in [0.4, 0.5) is 5.69 Å². The van der Waals surface area contributed by atoms with Gasteiger partial charge in [-0.1, -0.05) is 74.0 Å². The highest BCUT2D eigenvalue weighted by Gasteiger charge is 2.08. The number of aliphatic carboxylic acids is 2. The van der Waals surface area contributed by atoms with Crippen LogP contribution in [0, 0.1) is 0 Å². The number of hydrogen-bond donors (Lipinski definition) is 6. The average Bonchev–Trinajstić information content (AvgIpc) is 3.01. The predicted octanol–water partition coefficient (Wildman–Crippen LogP) is 4.27. The molecule has 0 spiro atoms. The van der Waals surface area contributed by atoms with Crippen molar-refractivity contribution in [1.82, 2.24) is 0 Å². The van der Waals surface area contributed by atoms with Crippen LogP contribution >= 0.6 is 0 Å². The van der Waals surface area contributed by atoms with Crippen molar-refractivity contribution < 1.29 is 29.4 Å². The van der Waals surface area contributed by atoms with Gasteiger partial charge in [-0.3, -0.25) is 19.2 Å². The maximum Gasteiger partial charge on any atom is 0.320 e. The minimum Gasteiger partial charge on any atom is -0.481 e. The molecule has 1 amide bonds. The van der Waals surface area contributed by atoms with Crippen molar-refractivity contribution in [2.75, 3.05) is 18.4 Å². The van der Waals surface area contributed by atoms with Crippen molar-refractivity contribution in [2.24, 2.45) is 17.2 Å². The zero-order chi connectivity index (χ0) is 32.3. The van der Waals surface area contributed by atoms with Crippen LogP contribution in [0.5, 0.6) is 0 Å². The lowest BCUT2D eigenvalue weighted by molar-refractivity contribution is -0.139. The molecule has 0 unspecified atom stereocenters. The summed E-state index contributed by atoms with van der Waals surface area (Å²) in [6.07, 6.45) is 5.48. The van der Waals surface area contributed by atoms with Gasteiger partial charge < -0.3 is 32.7 Å². The quantitative estimate of drug-likeness (QED) is 0.156. The molecule has 0 aliphatic heterocycles. The van der Waals surface area contributed by atoms with Crippen LogP contribution < -0.4 is 22.5 Å². The van der Waals surface area contributed by atoms with E-state index in [2.05, 4.69) is 17.4 Å². The number of carboxylic acid groups (broad SMARTS) is 2. The van der Waals surface area contributed by atoms with Crippen molar-refractivity contribution in [3.05, 3.63) is 102 Å². The highest BCUT2D eigenvalue weighted by Crippen LogP contribution is 2.09. The molecule has 0 aromatic heterocycles. The molecule has 3 aromatic carbocycles. The lowest BCUT2D eigenvalue weighted by Gasteiger charge is -2.04. The molecule has 1 atom stereocenters.